The number of nitrogens with one attached hydrogen (secondary N) is 1. The molecular weight excluding hydrogens is 332 g/mol. The van der Waals surface area contributed by atoms with Crippen LogP contribution in [-0.4, -0.2) is 50.8 Å². The predicted octanol–water partition coefficient (Wildman–Crippen LogP) is 2.65. The standard InChI is InChI=1S/C20H26N2O4/c1-3-16-8-9-19(26-16)20(23)21-14-18(22-10-12-25-13-11-22)15-4-6-17(24-2)7-5-15/h4-9,18H,3,10-14H2,1-2H3,(H,21,23). The zero-order chi connectivity index (χ0) is 18.4. The molecule has 0 aliphatic carbocycles. The summed E-state index contributed by atoms with van der Waals surface area (Å²) in [5.74, 6) is 1.81. The fourth-order valence-electron chi connectivity index (χ4n) is 3.14. The third kappa shape index (κ3) is 4.45. The number of carbonyl (C=O) groups excluding carboxylic acids is 1. The van der Waals surface area contributed by atoms with Gasteiger partial charge in [-0.2, -0.15) is 0 Å². The quantitative estimate of drug-likeness (QED) is 0.824. The van der Waals surface area contributed by atoms with Crippen molar-refractivity contribution in [3.8, 4) is 5.75 Å². The van der Waals surface area contributed by atoms with Crippen molar-refractivity contribution in [3.63, 3.8) is 0 Å². The molecule has 1 N–H and O–H groups in total. The molecule has 2 heterocycles. The molecular formula is C20H26N2O4. The number of ether oxygens (including phenoxy) is 2. The largest absolute Gasteiger partial charge is 0.497 e. The molecule has 1 unspecified atom stereocenters. The molecule has 1 amide bonds. The summed E-state index contributed by atoms with van der Waals surface area (Å²) in [7, 11) is 1.66. The highest BCUT2D eigenvalue weighted by atomic mass is 16.5. The zero-order valence-corrected chi connectivity index (χ0v) is 15.4. The van der Waals surface area contributed by atoms with E-state index in [1.165, 1.54) is 0 Å². The molecule has 0 spiro atoms. The van der Waals surface area contributed by atoms with Crippen LogP contribution in [0.5, 0.6) is 5.75 Å². The van der Waals surface area contributed by atoms with Crippen LogP contribution in [0.4, 0.5) is 0 Å². The number of morpholine rings is 1. The van der Waals surface area contributed by atoms with Crippen molar-refractivity contribution < 1.29 is 18.7 Å². The first-order chi connectivity index (χ1) is 12.7. The second-order valence-corrected chi connectivity index (χ2v) is 6.27. The molecule has 1 aliphatic heterocycles. The Kier molecular flexibility index (Phi) is 6.30. The highest BCUT2D eigenvalue weighted by molar-refractivity contribution is 5.91. The van der Waals surface area contributed by atoms with Crippen LogP contribution in [0, 0.1) is 0 Å². The maximum absolute atomic E-state index is 12.4. The first-order valence-electron chi connectivity index (χ1n) is 9.04. The fourth-order valence-corrected chi connectivity index (χ4v) is 3.14. The van der Waals surface area contributed by atoms with Crippen molar-refractivity contribution in [2.45, 2.75) is 19.4 Å². The van der Waals surface area contributed by atoms with Gasteiger partial charge >= 0.3 is 0 Å². The Morgan fingerprint density at radius 2 is 1.92 bits per heavy atom. The van der Waals surface area contributed by atoms with E-state index in [9.17, 15) is 4.79 Å². The minimum Gasteiger partial charge on any atom is -0.497 e. The van der Waals surface area contributed by atoms with Gasteiger partial charge in [0.25, 0.3) is 5.91 Å². The molecule has 2 aromatic rings. The van der Waals surface area contributed by atoms with Gasteiger partial charge in [0, 0.05) is 26.1 Å². The molecule has 1 atom stereocenters. The lowest BCUT2D eigenvalue weighted by Gasteiger charge is -2.34. The Hall–Kier alpha value is -2.31. The first kappa shape index (κ1) is 18.5. The van der Waals surface area contributed by atoms with Gasteiger partial charge in [0.2, 0.25) is 0 Å². The van der Waals surface area contributed by atoms with Crippen molar-refractivity contribution in [2.24, 2.45) is 0 Å². The lowest BCUT2D eigenvalue weighted by atomic mass is 10.0. The number of amides is 1. The summed E-state index contributed by atoms with van der Waals surface area (Å²) in [5.41, 5.74) is 1.14. The number of aryl methyl sites for hydroxylation is 1. The molecule has 3 rings (SSSR count). The van der Waals surface area contributed by atoms with Crippen LogP contribution in [0.25, 0.3) is 0 Å². The molecule has 0 saturated carbocycles. The summed E-state index contributed by atoms with van der Waals surface area (Å²) in [6.07, 6.45) is 0.773. The van der Waals surface area contributed by atoms with Crippen LogP contribution in [0.2, 0.25) is 0 Å². The van der Waals surface area contributed by atoms with E-state index in [1.54, 1.807) is 13.2 Å². The Morgan fingerprint density at radius 3 is 2.54 bits per heavy atom. The predicted molar refractivity (Wildman–Crippen MR) is 98.5 cm³/mol. The Labute approximate surface area is 154 Å². The smallest absolute Gasteiger partial charge is 0.287 e. The molecule has 6 heteroatoms. The lowest BCUT2D eigenvalue weighted by Crippen LogP contribution is -2.43. The van der Waals surface area contributed by atoms with Crippen LogP contribution in [0.3, 0.4) is 0 Å². The number of carbonyl (C=O) groups is 1. The summed E-state index contributed by atoms with van der Waals surface area (Å²) in [5, 5.41) is 3.01. The molecule has 26 heavy (non-hydrogen) atoms. The number of hydrogen-bond acceptors (Lipinski definition) is 5. The van der Waals surface area contributed by atoms with Crippen LogP contribution in [0.1, 0.15) is 34.8 Å². The molecule has 1 saturated heterocycles. The second-order valence-electron chi connectivity index (χ2n) is 6.27. The van der Waals surface area contributed by atoms with Gasteiger partial charge in [0.1, 0.15) is 11.5 Å². The Balaban J connectivity index is 1.71. The van der Waals surface area contributed by atoms with Crippen molar-refractivity contribution in [1.29, 1.82) is 0 Å². The minimum atomic E-state index is -0.184. The van der Waals surface area contributed by atoms with Gasteiger partial charge in [-0.1, -0.05) is 19.1 Å². The van der Waals surface area contributed by atoms with E-state index < -0.39 is 0 Å². The van der Waals surface area contributed by atoms with E-state index in [0.29, 0.717) is 25.5 Å². The second kappa shape index (κ2) is 8.87. The summed E-state index contributed by atoms with van der Waals surface area (Å²) >= 11 is 0. The highest BCUT2D eigenvalue weighted by Gasteiger charge is 2.24. The number of nitrogens with zero attached hydrogens (tertiary/aromatic N) is 1. The first-order valence-corrected chi connectivity index (χ1v) is 9.04. The van der Waals surface area contributed by atoms with Gasteiger partial charge in [-0.15, -0.1) is 0 Å². The summed E-state index contributed by atoms with van der Waals surface area (Å²) in [6.45, 7) is 5.60. The average molecular weight is 358 g/mol. The van der Waals surface area contributed by atoms with Crippen LogP contribution in [-0.2, 0) is 11.2 Å². The molecule has 0 bridgehead atoms. The normalized spacial score (nSPS) is 16.2. The summed E-state index contributed by atoms with van der Waals surface area (Å²) in [6, 6.07) is 11.6. The van der Waals surface area contributed by atoms with Gasteiger partial charge in [-0.25, -0.2) is 0 Å². The van der Waals surface area contributed by atoms with Gasteiger partial charge in [0.05, 0.1) is 26.4 Å². The van der Waals surface area contributed by atoms with E-state index in [1.807, 2.05) is 37.3 Å². The SMILES string of the molecule is CCc1ccc(C(=O)NCC(c2ccc(OC)cc2)N2CCOCC2)o1. The zero-order valence-electron chi connectivity index (χ0n) is 15.4. The third-order valence-electron chi connectivity index (χ3n) is 4.68. The van der Waals surface area contributed by atoms with Crippen molar-refractivity contribution in [2.75, 3.05) is 40.0 Å². The van der Waals surface area contributed by atoms with Crippen molar-refractivity contribution in [1.82, 2.24) is 10.2 Å². The van der Waals surface area contributed by atoms with Crippen molar-refractivity contribution >= 4 is 5.91 Å². The van der Waals surface area contributed by atoms with Crippen molar-refractivity contribution in [3.05, 3.63) is 53.5 Å². The van der Waals surface area contributed by atoms with Gasteiger partial charge < -0.3 is 19.2 Å². The molecule has 1 aromatic carbocycles. The van der Waals surface area contributed by atoms with Gasteiger partial charge in [0.15, 0.2) is 5.76 Å². The third-order valence-corrected chi connectivity index (χ3v) is 4.68. The van der Waals surface area contributed by atoms with Gasteiger partial charge in [-0.3, -0.25) is 9.69 Å². The van der Waals surface area contributed by atoms with Gasteiger partial charge in [-0.05, 0) is 29.8 Å². The maximum Gasteiger partial charge on any atom is 0.287 e. The van der Waals surface area contributed by atoms with Crippen LogP contribution >= 0.6 is 0 Å². The van der Waals surface area contributed by atoms with E-state index in [-0.39, 0.29) is 11.9 Å². The van der Waals surface area contributed by atoms with E-state index in [2.05, 4.69) is 10.2 Å². The molecule has 1 aromatic heterocycles. The minimum absolute atomic E-state index is 0.0781. The van der Waals surface area contributed by atoms with E-state index in [0.717, 1.165) is 36.6 Å². The number of furan rings is 1. The topological polar surface area (TPSA) is 63.9 Å². The Bertz CT molecular complexity index is 705. The monoisotopic (exact) mass is 358 g/mol. The van der Waals surface area contributed by atoms with Crippen LogP contribution in [0.15, 0.2) is 40.8 Å². The summed E-state index contributed by atoms with van der Waals surface area (Å²) < 4.78 is 16.3. The molecule has 140 valence electrons. The summed E-state index contributed by atoms with van der Waals surface area (Å²) in [4.78, 5) is 14.8. The number of methoxy groups -OCH3 is 1. The fraction of sp³-hybridized carbons (Fsp3) is 0.450. The number of rotatable bonds is 7. The number of benzene rings is 1. The average Bonchev–Trinajstić information content (AvgIpc) is 3.19. The molecule has 1 aliphatic rings. The molecule has 6 nitrogen and oxygen atoms in total. The van der Waals surface area contributed by atoms with Crippen LogP contribution < -0.4 is 10.1 Å². The maximum atomic E-state index is 12.4. The van der Waals surface area contributed by atoms with E-state index >= 15 is 0 Å². The van der Waals surface area contributed by atoms with E-state index in [4.69, 9.17) is 13.9 Å². The molecule has 0 radical (unpaired) electrons. The highest BCUT2D eigenvalue weighted by Crippen LogP contribution is 2.24. The lowest BCUT2D eigenvalue weighted by molar-refractivity contribution is 0.0161. The molecule has 1 fully saturated rings. The Morgan fingerprint density at radius 1 is 1.19 bits per heavy atom. The number of hydrogen-bond donors (Lipinski definition) is 1.